The van der Waals surface area contributed by atoms with Gasteiger partial charge in [0, 0.05) is 23.8 Å². The van der Waals surface area contributed by atoms with Gasteiger partial charge in [0.1, 0.15) is 5.75 Å². The van der Waals surface area contributed by atoms with E-state index >= 15 is 0 Å². The Morgan fingerprint density at radius 2 is 1.89 bits per heavy atom. The molecular formula is C13H10N2O4. The van der Waals surface area contributed by atoms with Crippen LogP contribution in [0.4, 0.5) is 5.69 Å². The molecule has 0 aliphatic heterocycles. The molecule has 0 saturated heterocycles. The van der Waals surface area contributed by atoms with Crippen molar-refractivity contribution >= 4 is 12.0 Å². The van der Waals surface area contributed by atoms with Crippen LogP contribution in [0.5, 0.6) is 11.6 Å². The molecule has 0 N–H and O–H groups in total. The molecule has 96 valence electrons. The second-order valence-electron chi connectivity index (χ2n) is 3.80. The fourth-order valence-corrected chi connectivity index (χ4v) is 1.49. The lowest BCUT2D eigenvalue weighted by molar-refractivity contribution is -0.384. The zero-order chi connectivity index (χ0) is 13.8. The van der Waals surface area contributed by atoms with E-state index in [9.17, 15) is 14.9 Å². The third-order valence-corrected chi connectivity index (χ3v) is 2.50. The van der Waals surface area contributed by atoms with Crippen LogP contribution >= 0.6 is 0 Å². The number of benzene rings is 1. The van der Waals surface area contributed by atoms with Gasteiger partial charge in [-0.25, -0.2) is 4.98 Å². The summed E-state index contributed by atoms with van der Waals surface area (Å²) >= 11 is 0. The van der Waals surface area contributed by atoms with Crippen molar-refractivity contribution in [1.29, 1.82) is 0 Å². The summed E-state index contributed by atoms with van der Waals surface area (Å²) in [5.41, 5.74) is 1.05. The Balaban J connectivity index is 2.19. The van der Waals surface area contributed by atoms with E-state index in [0.29, 0.717) is 22.9 Å². The molecule has 6 nitrogen and oxygen atoms in total. The van der Waals surface area contributed by atoms with Crippen LogP contribution in [0.1, 0.15) is 16.1 Å². The number of pyridine rings is 1. The molecule has 0 saturated carbocycles. The van der Waals surface area contributed by atoms with E-state index in [1.54, 1.807) is 19.1 Å². The first kappa shape index (κ1) is 12.7. The monoisotopic (exact) mass is 258 g/mol. The first-order valence-corrected chi connectivity index (χ1v) is 5.45. The molecular weight excluding hydrogens is 248 g/mol. The highest BCUT2D eigenvalue weighted by Gasteiger charge is 2.06. The summed E-state index contributed by atoms with van der Waals surface area (Å²) in [4.78, 5) is 24.8. The molecule has 2 rings (SSSR count). The van der Waals surface area contributed by atoms with Crippen molar-refractivity contribution in [3.8, 4) is 11.6 Å². The summed E-state index contributed by atoms with van der Waals surface area (Å²) in [5.74, 6) is 0.772. The fraction of sp³-hybridized carbons (Fsp3) is 0.0769. The molecule has 0 aliphatic rings. The average Bonchev–Trinajstić information content (AvgIpc) is 2.39. The van der Waals surface area contributed by atoms with Crippen molar-refractivity contribution in [3.63, 3.8) is 0 Å². The Kier molecular flexibility index (Phi) is 3.51. The van der Waals surface area contributed by atoms with Crippen LogP contribution in [0.25, 0.3) is 0 Å². The van der Waals surface area contributed by atoms with Gasteiger partial charge in [0.25, 0.3) is 5.69 Å². The lowest BCUT2D eigenvalue weighted by atomic mass is 10.2. The number of nitro benzene ring substituents is 1. The summed E-state index contributed by atoms with van der Waals surface area (Å²) in [5, 5.41) is 10.5. The van der Waals surface area contributed by atoms with Gasteiger partial charge in [0.15, 0.2) is 6.29 Å². The number of non-ortho nitro benzene ring substituents is 1. The van der Waals surface area contributed by atoms with E-state index in [-0.39, 0.29) is 5.69 Å². The number of aromatic nitrogens is 1. The highest BCUT2D eigenvalue weighted by molar-refractivity contribution is 5.76. The van der Waals surface area contributed by atoms with Gasteiger partial charge in [-0.1, -0.05) is 0 Å². The Morgan fingerprint density at radius 1 is 1.21 bits per heavy atom. The lowest BCUT2D eigenvalue weighted by Crippen LogP contribution is -1.94. The van der Waals surface area contributed by atoms with E-state index in [1.807, 2.05) is 0 Å². The minimum absolute atomic E-state index is 0.00667. The predicted molar refractivity (Wildman–Crippen MR) is 67.5 cm³/mol. The molecule has 1 aromatic heterocycles. The average molecular weight is 258 g/mol. The van der Waals surface area contributed by atoms with E-state index in [0.717, 1.165) is 6.29 Å². The molecule has 19 heavy (non-hydrogen) atoms. The molecule has 0 fully saturated rings. The van der Waals surface area contributed by atoms with Crippen molar-refractivity contribution in [2.24, 2.45) is 0 Å². The van der Waals surface area contributed by atoms with E-state index in [2.05, 4.69) is 4.98 Å². The van der Waals surface area contributed by atoms with Gasteiger partial charge in [-0.05, 0) is 25.1 Å². The van der Waals surface area contributed by atoms with Gasteiger partial charge in [0.05, 0.1) is 10.6 Å². The molecule has 1 heterocycles. The molecule has 0 amide bonds. The molecule has 0 aliphatic carbocycles. The normalized spacial score (nSPS) is 9.95. The number of carbonyl (C=O) groups excluding carboxylic acids is 1. The SMILES string of the molecule is Cc1nc(Oc2ccc([N+](=O)[O-])cc2)ccc1C=O. The Bertz CT molecular complexity index is 623. The zero-order valence-corrected chi connectivity index (χ0v) is 10.1. The zero-order valence-electron chi connectivity index (χ0n) is 10.1. The highest BCUT2D eigenvalue weighted by atomic mass is 16.6. The van der Waals surface area contributed by atoms with E-state index in [1.165, 1.54) is 24.3 Å². The van der Waals surface area contributed by atoms with Gasteiger partial charge in [-0.15, -0.1) is 0 Å². The summed E-state index contributed by atoms with van der Waals surface area (Å²) < 4.78 is 5.44. The van der Waals surface area contributed by atoms with Crippen LogP contribution in [0.3, 0.4) is 0 Å². The molecule has 0 unspecified atom stereocenters. The number of carbonyl (C=O) groups is 1. The standard InChI is InChI=1S/C13H10N2O4/c1-9-10(8-16)2-7-13(14-9)19-12-5-3-11(4-6-12)15(17)18/h2-8H,1H3. The molecule has 0 bridgehead atoms. The minimum atomic E-state index is -0.481. The van der Waals surface area contributed by atoms with Crippen LogP contribution in [0.15, 0.2) is 36.4 Å². The number of aldehydes is 1. The fourth-order valence-electron chi connectivity index (χ4n) is 1.49. The predicted octanol–water partition coefficient (Wildman–Crippen LogP) is 2.90. The third-order valence-electron chi connectivity index (χ3n) is 2.50. The number of ether oxygens (including phenoxy) is 1. The number of rotatable bonds is 4. The van der Waals surface area contributed by atoms with Crippen LogP contribution in [-0.4, -0.2) is 16.2 Å². The topological polar surface area (TPSA) is 82.3 Å². The number of nitrogens with zero attached hydrogens (tertiary/aromatic N) is 2. The van der Waals surface area contributed by atoms with Crippen molar-refractivity contribution in [1.82, 2.24) is 4.98 Å². The third kappa shape index (κ3) is 2.92. The van der Waals surface area contributed by atoms with Crippen molar-refractivity contribution in [2.45, 2.75) is 6.92 Å². The van der Waals surface area contributed by atoms with Gasteiger partial charge < -0.3 is 4.74 Å². The molecule has 0 spiro atoms. The number of aryl methyl sites for hydroxylation is 1. The Morgan fingerprint density at radius 3 is 2.42 bits per heavy atom. The van der Waals surface area contributed by atoms with Gasteiger partial charge >= 0.3 is 0 Å². The smallest absolute Gasteiger partial charge is 0.269 e. The molecule has 0 radical (unpaired) electrons. The summed E-state index contributed by atoms with van der Waals surface area (Å²) in [6.45, 7) is 1.70. The van der Waals surface area contributed by atoms with Crippen LogP contribution in [0, 0.1) is 17.0 Å². The molecule has 1 aromatic carbocycles. The highest BCUT2D eigenvalue weighted by Crippen LogP contribution is 2.23. The summed E-state index contributed by atoms with van der Waals surface area (Å²) in [6, 6.07) is 8.85. The largest absolute Gasteiger partial charge is 0.439 e. The first-order chi connectivity index (χ1) is 9.10. The van der Waals surface area contributed by atoms with Crippen molar-refractivity contribution in [3.05, 3.63) is 57.8 Å². The van der Waals surface area contributed by atoms with Crippen LogP contribution in [-0.2, 0) is 0 Å². The van der Waals surface area contributed by atoms with E-state index < -0.39 is 4.92 Å². The molecule has 6 heteroatoms. The Labute approximate surface area is 108 Å². The van der Waals surface area contributed by atoms with Crippen molar-refractivity contribution in [2.75, 3.05) is 0 Å². The Hall–Kier alpha value is -2.76. The summed E-state index contributed by atoms with van der Waals surface area (Å²) in [7, 11) is 0. The number of hydrogen-bond donors (Lipinski definition) is 0. The maximum absolute atomic E-state index is 10.7. The van der Waals surface area contributed by atoms with E-state index in [4.69, 9.17) is 4.74 Å². The summed E-state index contributed by atoms with van der Waals surface area (Å²) in [6.07, 6.45) is 0.720. The van der Waals surface area contributed by atoms with Gasteiger partial charge in [-0.3, -0.25) is 14.9 Å². The maximum Gasteiger partial charge on any atom is 0.269 e. The number of nitro groups is 1. The second-order valence-corrected chi connectivity index (χ2v) is 3.80. The number of hydrogen-bond acceptors (Lipinski definition) is 5. The van der Waals surface area contributed by atoms with Crippen molar-refractivity contribution < 1.29 is 14.5 Å². The van der Waals surface area contributed by atoms with Gasteiger partial charge in [0.2, 0.25) is 5.88 Å². The van der Waals surface area contributed by atoms with Gasteiger partial charge in [-0.2, -0.15) is 0 Å². The quantitative estimate of drug-likeness (QED) is 0.478. The van der Waals surface area contributed by atoms with Crippen LogP contribution < -0.4 is 4.74 Å². The molecule has 0 atom stereocenters. The first-order valence-electron chi connectivity index (χ1n) is 5.45. The minimum Gasteiger partial charge on any atom is -0.439 e. The molecule has 2 aromatic rings. The lowest BCUT2D eigenvalue weighted by Gasteiger charge is -2.06. The van der Waals surface area contributed by atoms with Crippen LogP contribution in [0.2, 0.25) is 0 Å². The second kappa shape index (κ2) is 5.26. The maximum atomic E-state index is 10.7.